The number of aryl methyl sites for hydroxylation is 2. The molecule has 0 atom stereocenters. The molecule has 3 aromatic rings. The van der Waals surface area contributed by atoms with E-state index in [9.17, 15) is 20.1 Å². The van der Waals surface area contributed by atoms with Crippen molar-refractivity contribution in [2.24, 2.45) is 0 Å². The summed E-state index contributed by atoms with van der Waals surface area (Å²) in [7, 11) is 0. The molecule has 0 radical (unpaired) electrons. The van der Waals surface area contributed by atoms with Gasteiger partial charge in [-0.1, -0.05) is 0 Å². The number of nitrogens with two attached hydrogens (primary N) is 2. The molecule has 0 aliphatic heterocycles. The molecule has 0 saturated carbocycles. The van der Waals surface area contributed by atoms with Crippen molar-refractivity contribution >= 4 is 33.3 Å². The van der Waals surface area contributed by atoms with Crippen LogP contribution in [0.15, 0.2) is 9.21 Å². The van der Waals surface area contributed by atoms with Crippen molar-refractivity contribution in [3.8, 4) is 17.2 Å². The Hall–Kier alpha value is -3.09. The van der Waals surface area contributed by atoms with Gasteiger partial charge in [-0.3, -0.25) is 4.79 Å². The maximum atomic E-state index is 12.8. The smallest absolute Gasteiger partial charge is 0.208 e. The summed E-state index contributed by atoms with van der Waals surface area (Å²) in [6, 6.07) is 0. The Morgan fingerprint density at radius 1 is 0.739 bits per heavy atom. The average Bonchev–Trinajstić information content (AvgIpc) is 2.53. The van der Waals surface area contributed by atoms with Gasteiger partial charge in [-0.05, 0) is 31.9 Å². The van der Waals surface area contributed by atoms with E-state index in [1.54, 1.807) is 13.8 Å². The SMILES string of the molecule is Cc1c(N)c(O)c2c(=O)c3c(O)c(N)c(O)c(C)c3oc2c1C. The van der Waals surface area contributed by atoms with Crippen LogP contribution in [0.2, 0.25) is 0 Å². The molecule has 0 saturated heterocycles. The number of aromatic hydroxyl groups is 3. The van der Waals surface area contributed by atoms with Crippen LogP contribution >= 0.6 is 0 Å². The second-order valence-electron chi connectivity index (χ2n) is 5.59. The van der Waals surface area contributed by atoms with Crippen LogP contribution in [0.25, 0.3) is 21.9 Å². The van der Waals surface area contributed by atoms with Gasteiger partial charge in [0.2, 0.25) is 5.43 Å². The van der Waals surface area contributed by atoms with Crippen molar-refractivity contribution < 1.29 is 19.7 Å². The van der Waals surface area contributed by atoms with Crippen molar-refractivity contribution in [1.29, 1.82) is 0 Å². The summed E-state index contributed by atoms with van der Waals surface area (Å²) in [5.74, 6) is -1.34. The molecule has 3 rings (SSSR count). The first kappa shape index (κ1) is 14.8. The Morgan fingerprint density at radius 2 is 1.22 bits per heavy atom. The molecule has 7 nitrogen and oxygen atoms in total. The highest BCUT2D eigenvalue weighted by Gasteiger charge is 2.24. The molecule has 0 fully saturated rings. The molecule has 7 N–H and O–H groups in total. The van der Waals surface area contributed by atoms with Crippen LogP contribution < -0.4 is 16.9 Å². The maximum Gasteiger partial charge on any atom is 0.208 e. The minimum atomic E-state index is -0.666. The molecule has 2 aromatic carbocycles. The molecule has 7 heteroatoms. The summed E-state index contributed by atoms with van der Waals surface area (Å²) < 4.78 is 5.73. The Kier molecular flexibility index (Phi) is 2.87. The third-order valence-electron chi connectivity index (χ3n) is 4.35. The van der Waals surface area contributed by atoms with Crippen LogP contribution in [0.3, 0.4) is 0 Å². The number of hydrogen-bond donors (Lipinski definition) is 5. The van der Waals surface area contributed by atoms with Crippen LogP contribution in [-0.2, 0) is 0 Å². The zero-order chi connectivity index (χ0) is 17.2. The van der Waals surface area contributed by atoms with Crippen molar-refractivity contribution in [3.05, 3.63) is 26.9 Å². The van der Waals surface area contributed by atoms with E-state index in [1.807, 2.05) is 0 Å². The Morgan fingerprint density at radius 3 is 1.78 bits per heavy atom. The average molecular weight is 316 g/mol. The molecule has 0 unspecified atom stereocenters. The van der Waals surface area contributed by atoms with Gasteiger partial charge < -0.3 is 31.2 Å². The predicted octanol–water partition coefficient (Wildman–Crippen LogP) is 2.15. The number of fused-ring (bicyclic) bond motifs is 2. The fourth-order valence-electron chi connectivity index (χ4n) is 2.73. The van der Waals surface area contributed by atoms with Crippen LogP contribution in [0.1, 0.15) is 16.7 Å². The van der Waals surface area contributed by atoms with Gasteiger partial charge in [0.05, 0.1) is 5.69 Å². The Bertz CT molecular complexity index is 986. The van der Waals surface area contributed by atoms with Crippen LogP contribution in [0, 0.1) is 20.8 Å². The quantitative estimate of drug-likeness (QED) is 0.243. The minimum Gasteiger partial charge on any atom is -0.505 e. The van der Waals surface area contributed by atoms with Gasteiger partial charge in [-0.25, -0.2) is 0 Å². The summed E-state index contributed by atoms with van der Waals surface area (Å²) in [5.41, 5.74) is 12.1. The molecule has 0 aliphatic rings. The molecule has 1 heterocycles. The van der Waals surface area contributed by atoms with Gasteiger partial charge in [0, 0.05) is 5.56 Å². The van der Waals surface area contributed by atoms with Crippen molar-refractivity contribution in [2.45, 2.75) is 20.8 Å². The third-order valence-corrected chi connectivity index (χ3v) is 4.35. The van der Waals surface area contributed by atoms with Gasteiger partial charge in [0.25, 0.3) is 0 Å². The fourth-order valence-corrected chi connectivity index (χ4v) is 2.73. The molecule has 0 aliphatic carbocycles. The Labute approximate surface area is 130 Å². The van der Waals surface area contributed by atoms with E-state index in [4.69, 9.17) is 15.9 Å². The standard InChI is InChI=1S/C16H16N2O5/c1-4-5(2)15-7(13(21)9(4)17)12(20)8-14(22)10(18)11(19)6(3)16(8)23-15/h19,21-22H,17-18H2,1-3H3. The monoisotopic (exact) mass is 316 g/mol. The minimum absolute atomic E-state index is 0.0124. The first-order valence-electron chi connectivity index (χ1n) is 6.86. The summed E-state index contributed by atoms with van der Waals surface area (Å²) in [6.45, 7) is 4.91. The van der Waals surface area contributed by atoms with E-state index >= 15 is 0 Å². The molecular formula is C16H16N2O5. The number of nitrogen functional groups attached to an aromatic ring is 2. The van der Waals surface area contributed by atoms with E-state index < -0.39 is 16.9 Å². The van der Waals surface area contributed by atoms with E-state index in [0.717, 1.165) is 0 Å². The maximum absolute atomic E-state index is 12.8. The first-order valence-corrected chi connectivity index (χ1v) is 6.86. The largest absolute Gasteiger partial charge is 0.505 e. The first-order chi connectivity index (χ1) is 10.7. The van der Waals surface area contributed by atoms with Crippen LogP contribution in [-0.4, -0.2) is 15.3 Å². The number of hydrogen-bond acceptors (Lipinski definition) is 7. The number of benzene rings is 2. The molecule has 120 valence electrons. The number of rotatable bonds is 0. The lowest BCUT2D eigenvalue weighted by atomic mass is 9.99. The molecule has 0 bridgehead atoms. The Balaban J connectivity index is 2.77. The molecule has 23 heavy (non-hydrogen) atoms. The zero-order valence-corrected chi connectivity index (χ0v) is 12.8. The van der Waals surface area contributed by atoms with Crippen molar-refractivity contribution in [1.82, 2.24) is 0 Å². The lowest BCUT2D eigenvalue weighted by Gasteiger charge is -2.14. The van der Waals surface area contributed by atoms with Crippen LogP contribution in [0.4, 0.5) is 11.4 Å². The fraction of sp³-hybridized carbons (Fsp3) is 0.188. The highest BCUT2D eigenvalue weighted by molar-refractivity contribution is 6.03. The van der Waals surface area contributed by atoms with E-state index in [-0.39, 0.29) is 44.6 Å². The highest BCUT2D eigenvalue weighted by atomic mass is 16.3. The highest BCUT2D eigenvalue weighted by Crippen LogP contribution is 2.43. The lowest BCUT2D eigenvalue weighted by Crippen LogP contribution is -2.08. The second kappa shape index (κ2) is 4.45. The van der Waals surface area contributed by atoms with E-state index in [1.165, 1.54) is 6.92 Å². The summed E-state index contributed by atoms with van der Waals surface area (Å²) in [6.07, 6.45) is 0. The molecule has 0 amide bonds. The molecular weight excluding hydrogens is 300 g/mol. The lowest BCUT2D eigenvalue weighted by molar-refractivity contribution is 0.454. The normalized spacial score (nSPS) is 11.4. The van der Waals surface area contributed by atoms with Gasteiger partial charge >= 0.3 is 0 Å². The van der Waals surface area contributed by atoms with E-state index in [2.05, 4.69) is 0 Å². The zero-order valence-electron chi connectivity index (χ0n) is 12.8. The topological polar surface area (TPSA) is 143 Å². The number of phenols is 3. The van der Waals surface area contributed by atoms with Gasteiger partial charge in [-0.2, -0.15) is 0 Å². The summed E-state index contributed by atoms with van der Waals surface area (Å²) in [4.78, 5) is 12.8. The summed E-state index contributed by atoms with van der Waals surface area (Å²) >= 11 is 0. The molecule has 0 spiro atoms. The summed E-state index contributed by atoms with van der Waals surface area (Å²) in [5, 5.41) is 30.0. The van der Waals surface area contributed by atoms with Gasteiger partial charge in [0.15, 0.2) is 11.5 Å². The number of phenolic OH excluding ortho intramolecular Hbond substituents is 3. The second-order valence-corrected chi connectivity index (χ2v) is 5.59. The van der Waals surface area contributed by atoms with Gasteiger partial charge in [-0.15, -0.1) is 0 Å². The van der Waals surface area contributed by atoms with Crippen molar-refractivity contribution in [3.63, 3.8) is 0 Å². The number of anilines is 2. The van der Waals surface area contributed by atoms with Gasteiger partial charge in [0.1, 0.15) is 33.4 Å². The third kappa shape index (κ3) is 1.67. The van der Waals surface area contributed by atoms with Crippen LogP contribution in [0.5, 0.6) is 17.2 Å². The van der Waals surface area contributed by atoms with E-state index in [0.29, 0.717) is 11.1 Å². The predicted molar refractivity (Wildman–Crippen MR) is 88.0 cm³/mol. The molecule has 1 aromatic heterocycles. The van der Waals surface area contributed by atoms with Crippen molar-refractivity contribution in [2.75, 3.05) is 11.5 Å².